The van der Waals surface area contributed by atoms with Crippen molar-refractivity contribution in [2.75, 3.05) is 0 Å². The molecule has 0 aliphatic heterocycles. The summed E-state index contributed by atoms with van der Waals surface area (Å²) in [5.74, 6) is 1.27. The van der Waals surface area contributed by atoms with Gasteiger partial charge in [-0.05, 0) is 18.6 Å². The molecule has 90 valence electrons. The van der Waals surface area contributed by atoms with E-state index in [2.05, 4.69) is 10.2 Å². The van der Waals surface area contributed by atoms with Crippen molar-refractivity contribution in [3.05, 3.63) is 47.3 Å². The van der Waals surface area contributed by atoms with Crippen LogP contribution in [0, 0.1) is 5.82 Å². The highest BCUT2D eigenvalue weighted by atomic mass is 19.1. The van der Waals surface area contributed by atoms with Crippen LogP contribution in [-0.2, 0) is 19.5 Å². The standard InChI is InChI=1S/C12H15FN4/c1-2-17-11(15-16-12(17)8-14)7-9-5-3-4-6-10(9)13/h3-6H,2,7-8,14H2,1H3. The first-order valence-corrected chi connectivity index (χ1v) is 5.60. The molecule has 1 aromatic heterocycles. The van der Waals surface area contributed by atoms with Gasteiger partial charge in [0.2, 0.25) is 0 Å². The molecule has 0 unspecified atom stereocenters. The van der Waals surface area contributed by atoms with E-state index in [0.717, 1.165) is 18.2 Å². The number of halogens is 1. The molecule has 0 spiro atoms. The predicted octanol–water partition coefficient (Wildman–Crippen LogP) is 1.49. The van der Waals surface area contributed by atoms with E-state index in [1.807, 2.05) is 17.6 Å². The van der Waals surface area contributed by atoms with Gasteiger partial charge in [0.15, 0.2) is 0 Å². The third-order valence-electron chi connectivity index (χ3n) is 2.71. The van der Waals surface area contributed by atoms with Gasteiger partial charge < -0.3 is 10.3 Å². The monoisotopic (exact) mass is 234 g/mol. The topological polar surface area (TPSA) is 56.7 Å². The summed E-state index contributed by atoms with van der Waals surface area (Å²) in [6.45, 7) is 3.08. The van der Waals surface area contributed by atoms with Crippen LogP contribution < -0.4 is 5.73 Å². The summed E-state index contributed by atoms with van der Waals surface area (Å²) in [4.78, 5) is 0. The smallest absolute Gasteiger partial charge is 0.146 e. The van der Waals surface area contributed by atoms with E-state index < -0.39 is 0 Å². The van der Waals surface area contributed by atoms with Gasteiger partial charge in [0.25, 0.3) is 0 Å². The number of nitrogens with zero attached hydrogens (tertiary/aromatic N) is 3. The minimum atomic E-state index is -0.215. The highest BCUT2D eigenvalue weighted by Gasteiger charge is 2.11. The van der Waals surface area contributed by atoms with E-state index in [0.29, 0.717) is 18.5 Å². The Kier molecular flexibility index (Phi) is 3.49. The fourth-order valence-corrected chi connectivity index (χ4v) is 1.83. The van der Waals surface area contributed by atoms with Crippen LogP contribution in [0.25, 0.3) is 0 Å². The Labute approximate surface area is 99.3 Å². The predicted molar refractivity (Wildman–Crippen MR) is 62.8 cm³/mol. The lowest BCUT2D eigenvalue weighted by atomic mass is 10.1. The fraction of sp³-hybridized carbons (Fsp3) is 0.333. The van der Waals surface area contributed by atoms with Crippen molar-refractivity contribution < 1.29 is 4.39 Å². The van der Waals surface area contributed by atoms with Crippen LogP contribution >= 0.6 is 0 Å². The minimum Gasteiger partial charge on any atom is -0.324 e. The summed E-state index contributed by atoms with van der Waals surface area (Å²) in [7, 11) is 0. The average Bonchev–Trinajstić information content (AvgIpc) is 2.74. The second kappa shape index (κ2) is 5.05. The average molecular weight is 234 g/mol. The minimum absolute atomic E-state index is 0.215. The molecule has 17 heavy (non-hydrogen) atoms. The molecule has 0 atom stereocenters. The normalized spacial score (nSPS) is 10.8. The van der Waals surface area contributed by atoms with Gasteiger partial charge in [0.1, 0.15) is 17.5 Å². The Hall–Kier alpha value is -1.75. The highest BCUT2D eigenvalue weighted by molar-refractivity contribution is 5.21. The molecule has 0 fully saturated rings. The summed E-state index contributed by atoms with van der Waals surface area (Å²) < 4.78 is 15.4. The number of nitrogens with two attached hydrogens (primary N) is 1. The van der Waals surface area contributed by atoms with Crippen LogP contribution in [0.3, 0.4) is 0 Å². The third kappa shape index (κ3) is 2.34. The Balaban J connectivity index is 2.30. The first-order chi connectivity index (χ1) is 8.26. The molecule has 0 radical (unpaired) electrons. The molecule has 0 saturated heterocycles. The summed E-state index contributed by atoms with van der Waals surface area (Å²) in [5.41, 5.74) is 6.19. The molecule has 0 aliphatic carbocycles. The number of aromatic nitrogens is 3. The number of benzene rings is 1. The van der Waals surface area contributed by atoms with Gasteiger partial charge in [0, 0.05) is 13.0 Å². The third-order valence-corrected chi connectivity index (χ3v) is 2.71. The summed E-state index contributed by atoms with van der Waals surface area (Å²) in [5, 5.41) is 8.06. The lowest BCUT2D eigenvalue weighted by Gasteiger charge is -2.06. The molecule has 1 aromatic carbocycles. The van der Waals surface area contributed by atoms with Crippen molar-refractivity contribution in [2.45, 2.75) is 26.4 Å². The van der Waals surface area contributed by atoms with Gasteiger partial charge in [-0.1, -0.05) is 18.2 Å². The molecule has 2 aromatic rings. The van der Waals surface area contributed by atoms with Crippen LogP contribution in [0.15, 0.2) is 24.3 Å². The van der Waals surface area contributed by atoms with E-state index in [9.17, 15) is 4.39 Å². The first-order valence-electron chi connectivity index (χ1n) is 5.60. The molecule has 0 aliphatic rings. The van der Waals surface area contributed by atoms with Crippen LogP contribution in [0.5, 0.6) is 0 Å². The fourth-order valence-electron chi connectivity index (χ4n) is 1.83. The Morgan fingerprint density at radius 2 is 1.94 bits per heavy atom. The van der Waals surface area contributed by atoms with Crippen molar-refractivity contribution >= 4 is 0 Å². The Morgan fingerprint density at radius 1 is 1.24 bits per heavy atom. The van der Waals surface area contributed by atoms with Crippen molar-refractivity contribution in [2.24, 2.45) is 5.73 Å². The van der Waals surface area contributed by atoms with Gasteiger partial charge in [-0.2, -0.15) is 0 Å². The maximum absolute atomic E-state index is 13.5. The quantitative estimate of drug-likeness (QED) is 0.871. The van der Waals surface area contributed by atoms with Crippen molar-refractivity contribution in [3.8, 4) is 0 Å². The maximum Gasteiger partial charge on any atom is 0.146 e. The highest BCUT2D eigenvalue weighted by Crippen LogP contribution is 2.12. The van der Waals surface area contributed by atoms with Crippen LogP contribution in [0.2, 0.25) is 0 Å². The second-order valence-electron chi connectivity index (χ2n) is 3.75. The number of hydrogen-bond donors (Lipinski definition) is 1. The van der Waals surface area contributed by atoms with E-state index in [4.69, 9.17) is 5.73 Å². The Bertz CT molecular complexity index is 507. The van der Waals surface area contributed by atoms with Crippen LogP contribution in [0.1, 0.15) is 24.1 Å². The van der Waals surface area contributed by atoms with E-state index in [1.54, 1.807) is 12.1 Å². The van der Waals surface area contributed by atoms with Gasteiger partial charge in [-0.3, -0.25) is 0 Å². The zero-order valence-electron chi connectivity index (χ0n) is 9.73. The first kappa shape index (κ1) is 11.7. The van der Waals surface area contributed by atoms with E-state index >= 15 is 0 Å². The van der Waals surface area contributed by atoms with Crippen molar-refractivity contribution in [3.63, 3.8) is 0 Å². The lowest BCUT2D eigenvalue weighted by Crippen LogP contribution is -2.10. The molecule has 0 bridgehead atoms. The molecular weight excluding hydrogens is 219 g/mol. The van der Waals surface area contributed by atoms with Crippen LogP contribution in [0.4, 0.5) is 4.39 Å². The molecule has 4 nitrogen and oxygen atoms in total. The zero-order valence-corrected chi connectivity index (χ0v) is 9.73. The van der Waals surface area contributed by atoms with Crippen molar-refractivity contribution in [1.29, 1.82) is 0 Å². The number of hydrogen-bond acceptors (Lipinski definition) is 3. The molecular formula is C12H15FN4. The largest absolute Gasteiger partial charge is 0.324 e. The molecule has 0 saturated carbocycles. The van der Waals surface area contributed by atoms with Crippen molar-refractivity contribution in [1.82, 2.24) is 14.8 Å². The number of rotatable bonds is 4. The zero-order chi connectivity index (χ0) is 12.3. The molecule has 2 rings (SSSR count). The van der Waals surface area contributed by atoms with Gasteiger partial charge >= 0.3 is 0 Å². The summed E-state index contributed by atoms with van der Waals surface area (Å²) in [6.07, 6.45) is 0.438. The molecule has 1 heterocycles. The second-order valence-corrected chi connectivity index (χ2v) is 3.75. The Morgan fingerprint density at radius 3 is 2.59 bits per heavy atom. The van der Waals surface area contributed by atoms with E-state index in [1.165, 1.54) is 6.07 Å². The van der Waals surface area contributed by atoms with E-state index in [-0.39, 0.29) is 5.82 Å². The molecule has 0 amide bonds. The molecule has 5 heteroatoms. The maximum atomic E-state index is 13.5. The summed E-state index contributed by atoms with van der Waals surface area (Å²) in [6, 6.07) is 6.70. The summed E-state index contributed by atoms with van der Waals surface area (Å²) >= 11 is 0. The molecule has 2 N–H and O–H groups in total. The SMILES string of the molecule is CCn1c(CN)nnc1Cc1ccccc1F. The van der Waals surface area contributed by atoms with Gasteiger partial charge in [0.05, 0.1) is 6.54 Å². The van der Waals surface area contributed by atoms with Gasteiger partial charge in [-0.25, -0.2) is 4.39 Å². The van der Waals surface area contributed by atoms with Crippen LogP contribution in [-0.4, -0.2) is 14.8 Å². The lowest BCUT2D eigenvalue weighted by molar-refractivity contribution is 0.605. The van der Waals surface area contributed by atoms with Gasteiger partial charge in [-0.15, -0.1) is 10.2 Å².